The summed E-state index contributed by atoms with van der Waals surface area (Å²) in [5, 5.41) is 11.0. The van der Waals surface area contributed by atoms with Crippen LogP contribution in [0, 0.1) is 10.1 Å². The Hall–Kier alpha value is -4.00. The quantitative estimate of drug-likeness (QED) is 0.242. The van der Waals surface area contributed by atoms with Crippen LogP contribution in [0.25, 0.3) is 0 Å². The highest BCUT2D eigenvalue weighted by Crippen LogP contribution is 2.25. The number of ether oxygens (including phenoxy) is 1. The molecule has 3 rings (SSSR count). The first-order chi connectivity index (χ1) is 15.9. The first kappa shape index (κ1) is 23.7. The predicted octanol–water partition coefficient (Wildman–Crippen LogP) is 5.15. The fourth-order valence-electron chi connectivity index (χ4n) is 3.52. The Kier molecular flexibility index (Phi) is 8.30. The van der Waals surface area contributed by atoms with Gasteiger partial charge >= 0.3 is 5.97 Å². The van der Waals surface area contributed by atoms with E-state index in [1.165, 1.54) is 18.2 Å². The van der Waals surface area contributed by atoms with Crippen molar-refractivity contribution in [3.63, 3.8) is 0 Å². The van der Waals surface area contributed by atoms with Crippen molar-refractivity contribution in [1.29, 1.82) is 0 Å². The summed E-state index contributed by atoms with van der Waals surface area (Å²) < 4.78 is 5.31. The molecule has 0 aromatic heterocycles. The van der Waals surface area contributed by atoms with Gasteiger partial charge in [0.1, 0.15) is 6.10 Å². The van der Waals surface area contributed by atoms with E-state index in [-0.39, 0.29) is 10.8 Å². The van der Waals surface area contributed by atoms with E-state index in [4.69, 9.17) is 4.74 Å². The first-order valence-corrected chi connectivity index (χ1v) is 10.8. The van der Waals surface area contributed by atoms with Gasteiger partial charge in [-0.2, -0.15) is 0 Å². The molecule has 170 valence electrons. The SMILES string of the molecule is C[C@H](/C=C/C(=O)N(c1ccccc1)c1ccccc1)OC(=O)/C=C/C1=CCCC([N+](=O)[O-])C1. The molecule has 1 aliphatic rings. The van der Waals surface area contributed by atoms with Gasteiger partial charge < -0.3 is 4.74 Å². The molecule has 0 saturated heterocycles. The normalized spacial score (nSPS) is 16.9. The zero-order chi connectivity index (χ0) is 23.6. The molecule has 0 aliphatic heterocycles. The first-order valence-electron chi connectivity index (χ1n) is 10.8. The van der Waals surface area contributed by atoms with Crippen LogP contribution >= 0.6 is 0 Å². The zero-order valence-electron chi connectivity index (χ0n) is 18.4. The molecule has 0 radical (unpaired) electrons. The molecule has 7 nitrogen and oxygen atoms in total. The second-order valence-electron chi connectivity index (χ2n) is 7.68. The lowest BCUT2D eigenvalue weighted by Gasteiger charge is -2.21. The lowest BCUT2D eigenvalue weighted by Crippen LogP contribution is -2.24. The van der Waals surface area contributed by atoms with Crippen LogP contribution in [0.15, 0.2) is 96.6 Å². The number of allylic oxidation sites excluding steroid dienone is 2. The van der Waals surface area contributed by atoms with E-state index in [2.05, 4.69) is 0 Å². The summed E-state index contributed by atoms with van der Waals surface area (Å²) in [5.74, 6) is -0.851. The molecule has 2 aromatic rings. The number of hydrogen-bond acceptors (Lipinski definition) is 5. The van der Waals surface area contributed by atoms with Crippen LogP contribution in [0.4, 0.5) is 11.4 Å². The molecule has 1 aliphatic carbocycles. The maximum atomic E-state index is 13.0. The van der Waals surface area contributed by atoms with Crippen molar-refractivity contribution in [2.24, 2.45) is 0 Å². The van der Waals surface area contributed by atoms with E-state index in [9.17, 15) is 19.7 Å². The van der Waals surface area contributed by atoms with Crippen LogP contribution in [0.2, 0.25) is 0 Å². The standard InChI is InChI=1S/C26H26N2O5/c1-20(33-26(30)18-16-21-9-8-14-24(19-21)28(31)32)15-17-25(29)27(22-10-4-2-5-11-22)23-12-6-3-7-13-23/h2-7,9-13,15-18,20,24H,8,14,19H2,1H3/b17-15+,18-16+/t20-,24?/m1/s1. The molecule has 0 bridgehead atoms. The summed E-state index contributed by atoms with van der Waals surface area (Å²) in [5.41, 5.74) is 2.19. The van der Waals surface area contributed by atoms with E-state index in [1.54, 1.807) is 17.9 Å². The Labute approximate surface area is 192 Å². The van der Waals surface area contributed by atoms with Crippen LogP contribution in [-0.4, -0.2) is 28.9 Å². The highest BCUT2D eigenvalue weighted by Gasteiger charge is 2.23. The Bertz CT molecular complexity index is 1020. The van der Waals surface area contributed by atoms with E-state index in [0.717, 1.165) is 16.9 Å². The Balaban J connectivity index is 1.61. The third-order valence-corrected chi connectivity index (χ3v) is 5.17. The number of nitro groups is 1. The van der Waals surface area contributed by atoms with Crippen molar-refractivity contribution >= 4 is 23.3 Å². The van der Waals surface area contributed by atoms with Crippen molar-refractivity contribution in [3.05, 3.63) is 107 Å². The van der Waals surface area contributed by atoms with Crippen molar-refractivity contribution < 1.29 is 19.2 Å². The summed E-state index contributed by atoms with van der Waals surface area (Å²) in [7, 11) is 0. The zero-order valence-corrected chi connectivity index (χ0v) is 18.4. The molecule has 0 spiro atoms. The predicted molar refractivity (Wildman–Crippen MR) is 127 cm³/mol. The highest BCUT2D eigenvalue weighted by atomic mass is 16.6. The molecule has 2 atom stereocenters. The number of rotatable bonds is 8. The van der Waals surface area contributed by atoms with Crippen LogP contribution in [0.1, 0.15) is 26.2 Å². The van der Waals surface area contributed by atoms with E-state index in [1.807, 2.05) is 66.7 Å². The number of benzene rings is 2. The summed E-state index contributed by atoms with van der Waals surface area (Å²) in [6, 6.07) is 17.9. The third-order valence-electron chi connectivity index (χ3n) is 5.17. The minimum absolute atomic E-state index is 0.274. The summed E-state index contributed by atoms with van der Waals surface area (Å²) in [4.78, 5) is 37.4. The van der Waals surface area contributed by atoms with Gasteiger partial charge in [0, 0.05) is 41.3 Å². The average Bonchev–Trinajstić information content (AvgIpc) is 2.83. The lowest BCUT2D eigenvalue weighted by atomic mass is 9.95. The maximum absolute atomic E-state index is 13.0. The van der Waals surface area contributed by atoms with Crippen molar-refractivity contribution in [1.82, 2.24) is 0 Å². The monoisotopic (exact) mass is 446 g/mol. The summed E-state index contributed by atoms with van der Waals surface area (Å²) in [6.07, 6.45) is 8.42. The third kappa shape index (κ3) is 7.00. The lowest BCUT2D eigenvalue weighted by molar-refractivity contribution is -0.523. The van der Waals surface area contributed by atoms with Crippen LogP contribution < -0.4 is 4.90 Å². The molecule has 2 aromatic carbocycles. The molecular weight excluding hydrogens is 420 g/mol. The fourth-order valence-corrected chi connectivity index (χ4v) is 3.52. The van der Waals surface area contributed by atoms with E-state index >= 15 is 0 Å². The topological polar surface area (TPSA) is 89.8 Å². The Morgan fingerprint density at radius 1 is 1.06 bits per heavy atom. The van der Waals surface area contributed by atoms with E-state index in [0.29, 0.717) is 19.3 Å². The number of nitrogens with zero attached hydrogens (tertiary/aromatic N) is 2. The van der Waals surface area contributed by atoms with Crippen molar-refractivity contribution in [3.8, 4) is 0 Å². The van der Waals surface area contributed by atoms with Crippen LogP contribution in [0.3, 0.4) is 0 Å². The molecule has 0 heterocycles. The summed E-state index contributed by atoms with van der Waals surface area (Å²) >= 11 is 0. The number of carbonyl (C=O) groups is 2. The molecular formula is C26H26N2O5. The Morgan fingerprint density at radius 2 is 1.67 bits per heavy atom. The van der Waals surface area contributed by atoms with Gasteiger partial charge in [0.25, 0.3) is 5.91 Å². The van der Waals surface area contributed by atoms with Gasteiger partial charge in [0.15, 0.2) is 0 Å². The van der Waals surface area contributed by atoms with Crippen LogP contribution in [0.5, 0.6) is 0 Å². The molecule has 1 amide bonds. The number of carbonyl (C=O) groups excluding carboxylic acids is 2. The number of para-hydroxylation sites is 2. The maximum Gasteiger partial charge on any atom is 0.331 e. The van der Waals surface area contributed by atoms with Gasteiger partial charge in [-0.25, -0.2) is 4.79 Å². The molecule has 0 N–H and O–H groups in total. The second-order valence-corrected chi connectivity index (χ2v) is 7.68. The number of hydrogen-bond donors (Lipinski definition) is 0. The smallest absolute Gasteiger partial charge is 0.331 e. The minimum Gasteiger partial charge on any atom is -0.455 e. The average molecular weight is 447 g/mol. The van der Waals surface area contributed by atoms with Gasteiger partial charge in [-0.1, -0.05) is 48.6 Å². The van der Waals surface area contributed by atoms with Gasteiger partial charge in [0.05, 0.1) is 0 Å². The summed E-state index contributed by atoms with van der Waals surface area (Å²) in [6.45, 7) is 1.66. The van der Waals surface area contributed by atoms with Crippen LogP contribution in [-0.2, 0) is 14.3 Å². The molecule has 1 unspecified atom stereocenters. The molecule has 33 heavy (non-hydrogen) atoms. The number of amides is 1. The van der Waals surface area contributed by atoms with Gasteiger partial charge in [-0.3, -0.25) is 19.8 Å². The Morgan fingerprint density at radius 3 is 2.24 bits per heavy atom. The van der Waals surface area contributed by atoms with Crippen molar-refractivity contribution in [2.45, 2.75) is 38.3 Å². The number of esters is 1. The highest BCUT2D eigenvalue weighted by molar-refractivity contribution is 6.07. The largest absolute Gasteiger partial charge is 0.455 e. The van der Waals surface area contributed by atoms with E-state index < -0.39 is 18.1 Å². The molecule has 0 fully saturated rings. The molecule has 0 saturated carbocycles. The van der Waals surface area contributed by atoms with Gasteiger partial charge in [0.2, 0.25) is 6.04 Å². The van der Waals surface area contributed by atoms with Gasteiger partial charge in [-0.15, -0.1) is 0 Å². The minimum atomic E-state index is -0.633. The fraction of sp³-hybridized carbons (Fsp3) is 0.231. The van der Waals surface area contributed by atoms with Crippen molar-refractivity contribution in [2.75, 3.05) is 4.90 Å². The van der Waals surface area contributed by atoms with Gasteiger partial charge in [-0.05, 0) is 49.3 Å². The molecule has 7 heteroatoms. The second kappa shape index (κ2) is 11.6. The number of anilines is 2.